The molecule has 0 bridgehead atoms. The van der Waals surface area contributed by atoms with E-state index in [4.69, 9.17) is 5.11 Å². The molecule has 2 aromatic rings. The first-order valence-electron chi connectivity index (χ1n) is 6.73. The molecule has 0 aliphatic carbocycles. The first-order valence-corrected chi connectivity index (χ1v) is 6.73. The summed E-state index contributed by atoms with van der Waals surface area (Å²) in [5.41, 5.74) is 1.14. The molecule has 0 atom stereocenters. The van der Waals surface area contributed by atoms with Crippen molar-refractivity contribution in [1.29, 1.82) is 0 Å². The summed E-state index contributed by atoms with van der Waals surface area (Å²) in [6.07, 6.45) is 0.491. The Balaban J connectivity index is 1.97. The number of benzene rings is 2. The van der Waals surface area contributed by atoms with Gasteiger partial charge in [-0.25, -0.2) is 0 Å². The van der Waals surface area contributed by atoms with Crippen molar-refractivity contribution in [2.45, 2.75) is 19.4 Å². The fourth-order valence-corrected chi connectivity index (χ4v) is 2.01. The van der Waals surface area contributed by atoms with Gasteiger partial charge in [0.05, 0.1) is 6.61 Å². The van der Waals surface area contributed by atoms with Crippen molar-refractivity contribution in [3.63, 3.8) is 0 Å². The third-order valence-corrected chi connectivity index (χ3v) is 3.25. The number of hydrogen-bond donors (Lipinski definition) is 5. The van der Waals surface area contributed by atoms with E-state index in [-0.39, 0.29) is 41.9 Å². The van der Waals surface area contributed by atoms with Crippen LogP contribution in [0.15, 0.2) is 36.4 Å². The van der Waals surface area contributed by atoms with Crippen LogP contribution >= 0.6 is 0 Å². The van der Waals surface area contributed by atoms with Gasteiger partial charge < -0.3 is 25.7 Å². The van der Waals surface area contributed by atoms with Crippen LogP contribution in [0, 0.1) is 0 Å². The summed E-state index contributed by atoms with van der Waals surface area (Å²) in [5.74, 6) is -0.808. The Labute approximate surface area is 127 Å². The molecule has 1 amide bonds. The highest BCUT2D eigenvalue weighted by Gasteiger charge is 2.11. The van der Waals surface area contributed by atoms with Gasteiger partial charge in [-0.05, 0) is 30.2 Å². The van der Waals surface area contributed by atoms with Crippen molar-refractivity contribution < 1.29 is 25.2 Å². The summed E-state index contributed by atoms with van der Waals surface area (Å²) in [6, 6.07) is 9.00. The second-order valence-electron chi connectivity index (χ2n) is 4.84. The number of rotatable bonds is 5. The summed E-state index contributed by atoms with van der Waals surface area (Å²) < 4.78 is 0. The molecule has 0 radical (unpaired) electrons. The van der Waals surface area contributed by atoms with Gasteiger partial charge in [0.2, 0.25) is 5.91 Å². The molecule has 116 valence electrons. The van der Waals surface area contributed by atoms with Crippen molar-refractivity contribution in [2.75, 3.05) is 5.32 Å². The number of aliphatic hydroxyl groups is 1. The van der Waals surface area contributed by atoms with Crippen LogP contribution in [0.2, 0.25) is 0 Å². The zero-order chi connectivity index (χ0) is 16.1. The van der Waals surface area contributed by atoms with Gasteiger partial charge in [-0.15, -0.1) is 0 Å². The number of aliphatic hydroxyl groups excluding tert-OH is 1. The smallest absolute Gasteiger partial charge is 0.224 e. The minimum absolute atomic E-state index is 0.0150. The number of anilines is 1. The van der Waals surface area contributed by atoms with Crippen molar-refractivity contribution in [3.8, 4) is 17.2 Å². The maximum Gasteiger partial charge on any atom is 0.224 e. The Morgan fingerprint density at radius 2 is 1.68 bits per heavy atom. The molecule has 0 saturated heterocycles. The first-order chi connectivity index (χ1) is 10.5. The van der Waals surface area contributed by atoms with Gasteiger partial charge in [0, 0.05) is 12.0 Å². The number of amides is 1. The SMILES string of the molecule is O=C(CCc1ccc(CO)c(O)c1)Nc1c(O)cccc1O. The Morgan fingerprint density at radius 1 is 1.00 bits per heavy atom. The van der Waals surface area contributed by atoms with Gasteiger partial charge in [-0.3, -0.25) is 4.79 Å². The molecule has 0 aromatic heterocycles. The molecule has 0 spiro atoms. The largest absolute Gasteiger partial charge is 0.508 e. The van der Waals surface area contributed by atoms with Crippen LogP contribution in [0.5, 0.6) is 17.2 Å². The van der Waals surface area contributed by atoms with Crippen LogP contribution in [-0.4, -0.2) is 26.3 Å². The van der Waals surface area contributed by atoms with Gasteiger partial charge in [-0.2, -0.15) is 0 Å². The Hall–Kier alpha value is -2.73. The number of nitrogens with one attached hydrogen (secondary N) is 1. The van der Waals surface area contributed by atoms with E-state index in [2.05, 4.69) is 5.32 Å². The average Bonchev–Trinajstić information content (AvgIpc) is 2.49. The molecular formula is C16H17NO5. The van der Waals surface area contributed by atoms with E-state index in [1.54, 1.807) is 12.1 Å². The monoisotopic (exact) mass is 303 g/mol. The lowest BCUT2D eigenvalue weighted by Gasteiger charge is -2.09. The first kappa shape index (κ1) is 15.7. The van der Waals surface area contributed by atoms with Crippen LogP contribution in [0.4, 0.5) is 5.69 Å². The Kier molecular flexibility index (Phi) is 4.85. The average molecular weight is 303 g/mol. The third-order valence-electron chi connectivity index (χ3n) is 3.25. The molecular weight excluding hydrogens is 286 g/mol. The molecule has 0 heterocycles. The van der Waals surface area contributed by atoms with Crippen molar-refractivity contribution in [1.82, 2.24) is 0 Å². The molecule has 0 fully saturated rings. The van der Waals surface area contributed by atoms with Crippen molar-refractivity contribution in [3.05, 3.63) is 47.5 Å². The number of para-hydroxylation sites is 1. The maximum absolute atomic E-state index is 11.9. The molecule has 0 aliphatic rings. The Morgan fingerprint density at radius 3 is 2.27 bits per heavy atom. The lowest BCUT2D eigenvalue weighted by Crippen LogP contribution is -2.12. The van der Waals surface area contributed by atoms with Crippen molar-refractivity contribution >= 4 is 11.6 Å². The summed E-state index contributed by atoms with van der Waals surface area (Å²) in [6.45, 7) is -0.251. The lowest BCUT2D eigenvalue weighted by molar-refractivity contribution is -0.116. The number of phenolic OH excluding ortho intramolecular Hbond substituents is 2. The summed E-state index contributed by atoms with van der Waals surface area (Å²) >= 11 is 0. The van der Waals surface area contributed by atoms with Crippen LogP contribution in [-0.2, 0) is 17.8 Å². The summed E-state index contributed by atoms with van der Waals surface area (Å²) in [5, 5.41) is 40.2. The van der Waals surface area contributed by atoms with E-state index in [0.29, 0.717) is 12.0 Å². The van der Waals surface area contributed by atoms with E-state index in [0.717, 1.165) is 5.56 Å². The summed E-state index contributed by atoms with van der Waals surface area (Å²) in [4.78, 5) is 11.9. The fourth-order valence-electron chi connectivity index (χ4n) is 2.01. The molecule has 6 nitrogen and oxygen atoms in total. The van der Waals surface area contributed by atoms with E-state index in [9.17, 15) is 20.1 Å². The maximum atomic E-state index is 11.9. The van der Waals surface area contributed by atoms with Gasteiger partial charge >= 0.3 is 0 Å². The number of carbonyl (C=O) groups is 1. The quantitative estimate of drug-likeness (QED) is 0.542. The zero-order valence-corrected chi connectivity index (χ0v) is 11.8. The van der Waals surface area contributed by atoms with Gasteiger partial charge in [0.1, 0.15) is 22.9 Å². The number of phenols is 3. The molecule has 2 rings (SSSR count). The van der Waals surface area contributed by atoms with E-state index < -0.39 is 0 Å². The normalized spacial score (nSPS) is 10.4. The highest BCUT2D eigenvalue weighted by molar-refractivity contribution is 5.94. The third kappa shape index (κ3) is 3.67. The van der Waals surface area contributed by atoms with Crippen LogP contribution < -0.4 is 5.32 Å². The molecule has 0 saturated carbocycles. The molecule has 5 N–H and O–H groups in total. The number of aromatic hydroxyl groups is 3. The minimum atomic E-state index is -0.373. The van der Waals surface area contributed by atoms with Crippen LogP contribution in [0.25, 0.3) is 0 Å². The van der Waals surface area contributed by atoms with Gasteiger partial charge in [-0.1, -0.05) is 18.2 Å². The second-order valence-corrected chi connectivity index (χ2v) is 4.84. The van der Waals surface area contributed by atoms with E-state index >= 15 is 0 Å². The highest BCUT2D eigenvalue weighted by Crippen LogP contribution is 2.32. The molecule has 6 heteroatoms. The zero-order valence-electron chi connectivity index (χ0n) is 11.8. The Bertz CT molecular complexity index is 664. The second kappa shape index (κ2) is 6.82. The van der Waals surface area contributed by atoms with Crippen molar-refractivity contribution in [2.24, 2.45) is 0 Å². The molecule has 2 aromatic carbocycles. The molecule has 0 aliphatic heterocycles. The standard InChI is InChI=1S/C16H17NO5/c18-9-11-6-4-10(8-14(11)21)5-7-15(22)17-16-12(19)2-1-3-13(16)20/h1-4,6,8,18-21H,5,7,9H2,(H,17,22). The number of hydrogen-bond acceptors (Lipinski definition) is 5. The van der Waals surface area contributed by atoms with Gasteiger partial charge in [0.15, 0.2) is 0 Å². The number of aryl methyl sites for hydroxylation is 1. The molecule has 0 unspecified atom stereocenters. The van der Waals surface area contributed by atoms with Crippen LogP contribution in [0.1, 0.15) is 17.5 Å². The molecule has 22 heavy (non-hydrogen) atoms. The highest BCUT2D eigenvalue weighted by atomic mass is 16.3. The summed E-state index contributed by atoms with van der Waals surface area (Å²) in [7, 11) is 0. The fraction of sp³-hybridized carbons (Fsp3) is 0.188. The van der Waals surface area contributed by atoms with E-state index in [1.165, 1.54) is 24.3 Å². The lowest BCUT2D eigenvalue weighted by atomic mass is 10.1. The predicted octanol–water partition coefficient (Wildman–Crippen LogP) is 1.87. The van der Waals surface area contributed by atoms with Crippen LogP contribution in [0.3, 0.4) is 0 Å². The van der Waals surface area contributed by atoms with Gasteiger partial charge in [0.25, 0.3) is 0 Å². The minimum Gasteiger partial charge on any atom is -0.508 e. The number of carbonyl (C=O) groups excluding carboxylic acids is 1. The topological polar surface area (TPSA) is 110 Å². The predicted molar refractivity (Wildman–Crippen MR) is 80.8 cm³/mol. The van der Waals surface area contributed by atoms with E-state index in [1.807, 2.05) is 0 Å².